The average molecular weight is 269 g/mol. The van der Waals surface area contributed by atoms with E-state index in [-0.39, 0.29) is 11.8 Å². The van der Waals surface area contributed by atoms with Gasteiger partial charge in [-0.25, -0.2) is 4.79 Å². The lowest BCUT2D eigenvalue weighted by atomic mass is 9.89. The normalized spacial score (nSPS) is 18.1. The van der Waals surface area contributed by atoms with Gasteiger partial charge in [-0.3, -0.25) is 9.89 Å². The van der Waals surface area contributed by atoms with Gasteiger partial charge in [0.2, 0.25) is 5.91 Å². The third kappa shape index (κ3) is 2.35. The lowest BCUT2D eigenvalue weighted by Gasteiger charge is -2.22. The number of thioether (sulfide) groups is 1. The fourth-order valence-electron chi connectivity index (χ4n) is 2.12. The molecule has 1 atom stereocenters. The van der Waals surface area contributed by atoms with Crippen molar-refractivity contribution in [1.82, 2.24) is 10.2 Å². The van der Waals surface area contributed by atoms with Gasteiger partial charge in [0, 0.05) is 12.0 Å². The van der Waals surface area contributed by atoms with Gasteiger partial charge in [0.1, 0.15) is 5.69 Å². The third-order valence-electron chi connectivity index (χ3n) is 2.96. The lowest BCUT2D eigenvalue weighted by molar-refractivity contribution is -0.116. The topological polar surface area (TPSA) is 84.1 Å². The van der Waals surface area contributed by atoms with E-state index in [1.54, 1.807) is 11.8 Å². The summed E-state index contributed by atoms with van der Waals surface area (Å²) >= 11 is 1.72. The maximum absolute atomic E-state index is 11.6. The number of hydrogen-bond donors (Lipinski definition) is 2. The molecule has 1 amide bonds. The monoisotopic (exact) mass is 269 g/mol. The first-order chi connectivity index (χ1) is 8.67. The van der Waals surface area contributed by atoms with Crippen molar-refractivity contribution in [1.29, 1.82) is 0 Å². The fraction of sp³-hybridized carbons (Fsp3) is 0.545. The summed E-state index contributed by atoms with van der Waals surface area (Å²) in [7, 11) is 1.33. The molecule has 2 N–H and O–H groups in total. The highest BCUT2D eigenvalue weighted by Crippen LogP contribution is 2.36. The van der Waals surface area contributed by atoms with Crippen molar-refractivity contribution in [2.45, 2.75) is 18.8 Å². The van der Waals surface area contributed by atoms with Crippen molar-refractivity contribution < 1.29 is 14.3 Å². The van der Waals surface area contributed by atoms with Crippen LogP contribution in [0.15, 0.2) is 0 Å². The summed E-state index contributed by atoms with van der Waals surface area (Å²) in [4.78, 5) is 23.2. The number of aromatic nitrogens is 2. The minimum absolute atomic E-state index is 0.0223. The zero-order valence-electron chi connectivity index (χ0n) is 10.3. The summed E-state index contributed by atoms with van der Waals surface area (Å²) in [5, 5.41) is 9.29. The van der Waals surface area contributed by atoms with Crippen LogP contribution in [-0.4, -0.2) is 41.2 Å². The highest BCUT2D eigenvalue weighted by Gasteiger charge is 2.32. The van der Waals surface area contributed by atoms with Crippen LogP contribution in [0.2, 0.25) is 0 Å². The van der Waals surface area contributed by atoms with Gasteiger partial charge in [-0.1, -0.05) is 0 Å². The summed E-state index contributed by atoms with van der Waals surface area (Å²) in [5.74, 6) is 0.903. The second-order valence-electron chi connectivity index (χ2n) is 4.08. The first-order valence-electron chi connectivity index (χ1n) is 5.62. The number of hydrogen-bond acceptors (Lipinski definition) is 5. The zero-order valence-corrected chi connectivity index (χ0v) is 11.1. The smallest absolute Gasteiger partial charge is 0.356 e. The molecule has 98 valence electrons. The Morgan fingerprint density at radius 3 is 3.06 bits per heavy atom. The third-order valence-corrected chi connectivity index (χ3v) is 3.61. The molecule has 0 saturated heterocycles. The number of anilines is 1. The standard InChI is InChI=1S/C11H15N3O3S/c1-17-11(16)9-8-6(3-4-18-2)5-7(15)12-10(8)14-13-9/h6H,3-5H2,1-2H3,(H2,12,13,14,15)/t6-/m0/s1. The van der Waals surface area contributed by atoms with Gasteiger partial charge in [0.25, 0.3) is 0 Å². The molecule has 0 spiro atoms. The van der Waals surface area contributed by atoms with Crippen LogP contribution in [0, 0.1) is 0 Å². The Hall–Kier alpha value is -1.50. The molecule has 2 heterocycles. The fourth-order valence-corrected chi connectivity index (χ4v) is 2.64. The van der Waals surface area contributed by atoms with Crippen molar-refractivity contribution in [3.05, 3.63) is 11.3 Å². The van der Waals surface area contributed by atoms with Crippen LogP contribution in [0.3, 0.4) is 0 Å². The molecule has 1 aromatic rings. The van der Waals surface area contributed by atoms with Crippen LogP contribution in [0.1, 0.15) is 34.8 Å². The number of H-pyrrole nitrogens is 1. The number of carbonyl (C=O) groups excluding carboxylic acids is 2. The minimum Gasteiger partial charge on any atom is -0.464 e. The van der Waals surface area contributed by atoms with E-state index in [0.717, 1.165) is 17.7 Å². The van der Waals surface area contributed by atoms with Crippen molar-refractivity contribution in [2.75, 3.05) is 24.4 Å². The van der Waals surface area contributed by atoms with Gasteiger partial charge >= 0.3 is 5.97 Å². The molecule has 0 fully saturated rings. The van der Waals surface area contributed by atoms with Gasteiger partial charge < -0.3 is 10.1 Å². The van der Waals surface area contributed by atoms with Crippen molar-refractivity contribution in [3.63, 3.8) is 0 Å². The molecule has 7 heteroatoms. The first kappa shape index (κ1) is 12.9. The molecule has 18 heavy (non-hydrogen) atoms. The Labute approximate surface area is 109 Å². The van der Waals surface area contributed by atoms with E-state index in [2.05, 4.69) is 15.5 Å². The maximum Gasteiger partial charge on any atom is 0.356 e. The van der Waals surface area contributed by atoms with E-state index in [0.29, 0.717) is 17.9 Å². The lowest BCUT2D eigenvalue weighted by Crippen LogP contribution is -2.24. The summed E-state index contributed by atoms with van der Waals surface area (Å²) in [6.07, 6.45) is 3.24. The van der Waals surface area contributed by atoms with Gasteiger partial charge in [0.15, 0.2) is 5.82 Å². The number of aromatic amines is 1. The number of carbonyl (C=O) groups is 2. The van der Waals surface area contributed by atoms with E-state index in [9.17, 15) is 9.59 Å². The van der Waals surface area contributed by atoms with E-state index in [1.165, 1.54) is 7.11 Å². The summed E-state index contributed by atoms with van der Waals surface area (Å²) < 4.78 is 4.71. The summed E-state index contributed by atoms with van der Waals surface area (Å²) in [5.41, 5.74) is 1.12. The number of nitrogens with zero attached hydrogens (tertiary/aromatic N) is 1. The van der Waals surface area contributed by atoms with E-state index in [4.69, 9.17) is 4.74 Å². The number of ether oxygens (including phenoxy) is 1. The van der Waals surface area contributed by atoms with Gasteiger partial charge in [0.05, 0.1) is 7.11 Å². The van der Waals surface area contributed by atoms with Crippen LogP contribution in [-0.2, 0) is 9.53 Å². The van der Waals surface area contributed by atoms with Crippen LogP contribution in [0.25, 0.3) is 0 Å². The van der Waals surface area contributed by atoms with Crippen molar-refractivity contribution in [2.24, 2.45) is 0 Å². The molecule has 6 nitrogen and oxygen atoms in total. The van der Waals surface area contributed by atoms with E-state index in [1.807, 2.05) is 6.26 Å². The van der Waals surface area contributed by atoms with E-state index >= 15 is 0 Å². The molecule has 0 saturated carbocycles. The highest BCUT2D eigenvalue weighted by molar-refractivity contribution is 7.98. The van der Waals surface area contributed by atoms with Crippen molar-refractivity contribution in [3.8, 4) is 0 Å². The largest absolute Gasteiger partial charge is 0.464 e. The first-order valence-corrected chi connectivity index (χ1v) is 7.02. The molecular formula is C11H15N3O3S. The second-order valence-corrected chi connectivity index (χ2v) is 5.07. The number of amides is 1. The Morgan fingerprint density at radius 1 is 1.61 bits per heavy atom. The maximum atomic E-state index is 11.6. The Kier molecular flexibility index (Phi) is 3.90. The number of esters is 1. The molecule has 0 bridgehead atoms. The van der Waals surface area contributed by atoms with Gasteiger partial charge in [-0.05, 0) is 24.3 Å². The minimum atomic E-state index is -0.450. The highest BCUT2D eigenvalue weighted by atomic mass is 32.2. The molecule has 0 unspecified atom stereocenters. The van der Waals surface area contributed by atoms with Crippen LogP contribution < -0.4 is 5.32 Å². The molecule has 2 rings (SSSR count). The number of nitrogens with one attached hydrogen (secondary N) is 2. The van der Waals surface area contributed by atoms with Gasteiger partial charge in [-0.15, -0.1) is 0 Å². The van der Waals surface area contributed by atoms with Crippen LogP contribution in [0.4, 0.5) is 5.82 Å². The van der Waals surface area contributed by atoms with Crippen LogP contribution in [0.5, 0.6) is 0 Å². The Morgan fingerprint density at radius 2 is 2.39 bits per heavy atom. The summed E-state index contributed by atoms with van der Waals surface area (Å²) in [6, 6.07) is 0. The number of fused-ring (bicyclic) bond motifs is 1. The SMILES string of the molecule is COC(=O)c1[nH]nc2c1[C@@H](CCSC)CC(=O)N2. The molecule has 0 radical (unpaired) electrons. The molecule has 0 aliphatic carbocycles. The predicted molar refractivity (Wildman–Crippen MR) is 68.9 cm³/mol. The molecule has 1 aromatic heterocycles. The number of methoxy groups -OCH3 is 1. The average Bonchev–Trinajstić information content (AvgIpc) is 2.78. The van der Waals surface area contributed by atoms with Crippen LogP contribution >= 0.6 is 11.8 Å². The van der Waals surface area contributed by atoms with Crippen molar-refractivity contribution >= 4 is 29.5 Å². The molecule has 1 aliphatic rings. The molecule has 1 aliphatic heterocycles. The number of rotatable bonds is 4. The Bertz CT molecular complexity index is 472. The molecule has 0 aromatic carbocycles. The van der Waals surface area contributed by atoms with Gasteiger partial charge in [-0.2, -0.15) is 16.9 Å². The summed E-state index contributed by atoms with van der Waals surface area (Å²) in [6.45, 7) is 0. The quantitative estimate of drug-likeness (QED) is 0.807. The van der Waals surface area contributed by atoms with E-state index < -0.39 is 5.97 Å². The predicted octanol–water partition coefficient (Wildman–Crippen LogP) is 1.38. The zero-order chi connectivity index (χ0) is 13.1. The second kappa shape index (κ2) is 5.43. The Balaban J connectivity index is 2.34. The molecular weight excluding hydrogens is 254 g/mol.